The van der Waals surface area contributed by atoms with Gasteiger partial charge in [-0.25, -0.2) is 0 Å². The zero-order valence-electron chi connectivity index (χ0n) is 6.54. The number of hydrogen-bond donors (Lipinski definition) is 0. The molecule has 0 bridgehead atoms. The average Bonchev–Trinajstić information content (AvgIpc) is 2.03. The molecule has 78 valence electrons. The van der Waals surface area contributed by atoms with E-state index in [4.69, 9.17) is 52.3 Å². The van der Waals surface area contributed by atoms with Crippen molar-refractivity contribution in [2.75, 3.05) is 0 Å². The fourth-order valence-corrected chi connectivity index (χ4v) is 0.634. The molecule has 0 atom stereocenters. The summed E-state index contributed by atoms with van der Waals surface area (Å²) in [7, 11) is 20.1. The Kier molecular flexibility index (Phi) is 7.69. The predicted molar refractivity (Wildman–Crippen MR) is 65.4 cm³/mol. The van der Waals surface area contributed by atoms with Gasteiger partial charge in [0.15, 0.2) is 4.98 Å². The van der Waals surface area contributed by atoms with Gasteiger partial charge in [-0.3, -0.25) is 0 Å². The monoisotopic (exact) mass is 400 g/mol. The average molecular weight is 403 g/mol. The molecule has 0 aliphatic carbocycles. The van der Waals surface area contributed by atoms with Gasteiger partial charge in [-0.2, -0.15) is 0 Å². The predicted octanol–water partition coefficient (Wildman–Crippen LogP) is 5.20. The Morgan fingerprint density at radius 1 is 1.00 bits per heavy atom. The summed E-state index contributed by atoms with van der Waals surface area (Å²) in [6.07, 6.45) is 0. The molecule has 0 heterocycles. The summed E-state index contributed by atoms with van der Waals surface area (Å²) in [5, 5.41) is 8.85. The van der Waals surface area contributed by atoms with Gasteiger partial charge in [0.2, 0.25) is 5.39 Å². The van der Waals surface area contributed by atoms with E-state index in [-0.39, 0.29) is 0 Å². The van der Waals surface area contributed by atoms with Crippen molar-refractivity contribution in [3.63, 3.8) is 0 Å². The number of nitrogens with zero attached hydrogens (tertiary/aromatic N) is 2. The van der Waals surface area contributed by atoms with E-state index in [2.05, 4.69) is 4.98 Å². The fraction of sp³-hybridized carbons (Fsp3) is 0. The van der Waals surface area contributed by atoms with E-state index in [1.807, 2.05) is 0 Å². The Bertz CT molecular complexity index is 308. The number of benzene rings is 1. The van der Waals surface area contributed by atoms with Crippen LogP contribution in [0.2, 0.25) is 5.02 Å². The third-order valence-corrected chi connectivity index (χ3v) is 1.19. The molecule has 0 spiro atoms. The van der Waals surface area contributed by atoms with Crippen molar-refractivity contribution < 1.29 is 0 Å². The second-order valence-corrected chi connectivity index (χ2v) is 25.2. The van der Waals surface area contributed by atoms with Crippen molar-refractivity contribution in [2.45, 2.75) is 0 Å². The zero-order chi connectivity index (χ0) is 11.2. The van der Waals surface area contributed by atoms with Gasteiger partial charge in [-0.05, 0) is 12.1 Å². The van der Waals surface area contributed by atoms with Crippen LogP contribution in [0.4, 0.5) is 5.69 Å². The molecule has 0 fully saturated rings. The van der Waals surface area contributed by atoms with Crippen LogP contribution in [0, 0.1) is 5.39 Å². The van der Waals surface area contributed by atoms with Crippen LogP contribution in [0.3, 0.4) is 0 Å². The van der Waals surface area contributed by atoms with E-state index in [9.17, 15) is 0 Å². The molecule has 0 aromatic heterocycles. The number of hydrogen-bond acceptors (Lipinski definition) is 1. The molecule has 0 aliphatic rings. The standard InChI is InChI=1S/C6H4ClN2.4ClH.Sb/c7-5-1-3-6(9-8)4-2-5;;;;;/h1-4H;4*1H;/q+1;;;;;+3/p-4. The molecule has 1 rings (SSSR count). The SMILES string of the molecule is N#[N+]c1ccc(Cl)cc1.[Cl][Sb-]([Cl])([Cl])[Cl]. The van der Waals surface area contributed by atoms with E-state index >= 15 is 0 Å². The maximum absolute atomic E-state index is 8.21. The molecular weight excluding hydrogens is 399 g/mol. The van der Waals surface area contributed by atoms with Crippen LogP contribution >= 0.6 is 46.9 Å². The minimum absolute atomic E-state index is 0.513. The van der Waals surface area contributed by atoms with Crippen molar-refractivity contribution in [3.05, 3.63) is 34.3 Å². The third-order valence-electron chi connectivity index (χ3n) is 0.942. The summed E-state index contributed by atoms with van der Waals surface area (Å²) in [5.41, 5.74) is 0.513. The van der Waals surface area contributed by atoms with Gasteiger partial charge < -0.3 is 0 Å². The van der Waals surface area contributed by atoms with Crippen LogP contribution < -0.4 is 0 Å². The summed E-state index contributed by atoms with van der Waals surface area (Å²) in [4.78, 5) is 2.95. The van der Waals surface area contributed by atoms with Crippen LogP contribution in [-0.2, 0) is 0 Å². The molecule has 14 heavy (non-hydrogen) atoms. The van der Waals surface area contributed by atoms with Gasteiger partial charge in [0.25, 0.3) is 0 Å². The first-order chi connectivity index (χ1) is 6.33. The third kappa shape index (κ3) is 11.0. The molecule has 1 aromatic rings. The van der Waals surface area contributed by atoms with E-state index in [1.54, 1.807) is 24.3 Å². The van der Waals surface area contributed by atoms with E-state index < -0.39 is 14.2 Å². The van der Waals surface area contributed by atoms with Crippen molar-refractivity contribution in [1.82, 2.24) is 0 Å². The minimum atomic E-state index is -3.21. The van der Waals surface area contributed by atoms with E-state index in [0.29, 0.717) is 10.7 Å². The van der Waals surface area contributed by atoms with Crippen molar-refractivity contribution in [3.8, 4) is 0 Å². The van der Waals surface area contributed by atoms with Crippen molar-refractivity contribution in [1.29, 1.82) is 5.39 Å². The summed E-state index contributed by atoms with van der Waals surface area (Å²) in [5.74, 6) is 0. The summed E-state index contributed by atoms with van der Waals surface area (Å²) < 4.78 is 0. The summed E-state index contributed by atoms with van der Waals surface area (Å²) in [6, 6.07) is 6.58. The van der Waals surface area contributed by atoms with Crippen LogP contribution in [0.25, 0.3) is 4.98 Å². The molecule has 0 radical (unpaired) electrons. The normalized spacial score (nSPS) is 10.9. The summed E-state index contributed by atoms with van der Waals surface area (Å²) in [6.45, 7) is 0. The van der Waals surface area contributed by atoms with Crippen LogP contribution in [0.5, 0.6) is 0 Å². The van der Waals surface area contributed by atoms with Gasteiger partial charge in [0.05, 0.1) is 0 Å². The first-order valence-corrected chi connectivity index (χ1v) is 16.4. The fourth-order valence-electron chi connectivity index (χ4n) is 0.508. The molecule has 0 saturated carbocycles. The molecule has 0 unspecified atom stereocenters. The topological polar surface area (TPSA) is 28.1 Å². The van der Waals surface area contributed by atoms with Gasteiger partial charge in [0, 0.05) is 17.2 Å². The molecule has 0 N–H and O–H groups in total. The summed E-state index contributed by atoms with van der Waals surface area (Å²) >= 11 is 2.33. The van der Waals surface area contributed by atoms with Crippen molar-refractivity contribution >= 4 is 66.8 Å². The Morgan fingerprint density at radius 2 is 1.36 bits per heavy atom. The molecule has 0 aliphatic heterocycles. The number of halogens is 5. The first-order valence-electron chi connectivity index (χ1n) is 3.11. The number of diazo groups is 1. The molecule has 1 aromatic carbocycles. The molecular formula is C6H4Cl5N2Sb. The molecule has 2 nitrogen and oxygen atoms in total. The first kappa shape index (κ1) is 14.9. The Hall–Kier alpha value is 0.908. The molecule has 0 saturated heterocycles. The van der Waals surface area contributed by atoms with Crippen LogP contribution in [0.1, 0.15) is 0 Å². The quantitative estimate of drug-likeness (QED) is 0.432. The van der Waals surface area contributed by atoms with Gasteiger partial charge >= 0.3 is 55.2 Å². The van der Waals surface area contributed by atoms with Crippen molar-refractivity contribution in [2.24, 2.45) is 0 Å². The maximum atomic E-state index is 8.21. The van der Waals surface area contributed by atoms with Gasteiger partial charge in [-0.1, -0.05) is 11.6 Å². The zero-order valence-corrected chi connectivity index (χ0v) is 12.9. The molecule has 8 heteroatoms. The second kappa shape index (κ2) is 7.23. The van der Waals surface area contributed by atoms with Crippen LogP contribution in [0.15, 0.2) is 24.3 Å². The second-order valence-electron chi connectivity index (χ2n) is 1.96. The Morgan fingerprint density at radius 3 is 1.64 bits per heavy atom. The molecule has 0 amide bonds. The van der Waals surface area contributed by atoms with Gasteiger partial charge in [0.1, 0.15) is 0 Å². The van der Waals surface area contributed by atoms with Gasteiger partial charge in [-0.15, -0.1) is 0 Å². The number of rotatable bonds is 0. The van der Waals surface area contributed by atoms with Crippen LogP contribution in [-0.4, -0.2) is 14.2 Å². The van der Waals surface area contributed by atoms with E-state index in [0.717, 1.165) is 0 Å². The van der Waals surface area contributed by atoms with E-state index in [1.165, 1.54) is 0 Å². The Labute approximate surface area is 105 Å². The Balaban J connectivity index is 0.000000292.